The molecule has 1 N–H and O–H groups in total. The zero-order valence-corrected chi connectivity index (χ0v) is 15.3. The third-order valence-electron chi connectivity index (χ3n) is 5.24. The first-order valence-electron chi connectivity index (χ1n) is 9.33. The molecule has 26 heavy (non-hydrogen) atoms. The van der Waals surface area contributed by atoms with Gasteiger partial charge in [0, 0.05) is 45.0 Å². The maximum Gasteiger partial charge on any atom is 0.241 e. The second-order valence-corrected chi connectivity index (χ2v) is 7.08. The van der Waals surface area contributed by atoms with Crippen LogP contribution in [0.1, 0.15) is 19.8 Å². The number of rotatable bonds is 5. The highest BCUT2D eigenvalue weighted by molar-refractivity contribution is 5.94. The van der Waals surface area contributed by atoms with E-state index < -0.39 is 0 Å². The molecule has 2 aliphatic rings. The molecule has 142 valence electrons. The van der Waals surface area contributed by atoms with E-state index in [1.807, 2.05) is 11.8 Å². The fourth-order valence-electron chi connectivity index (χ4n) is 3.55. The largest absolute Gasteiger partial charge is 0.342 e. The van der Waals surface area contributed by atoms with Crippen LogP contribution in [-0.2, 0) is 9.59 Å². The Kier molecular flexibility index (Phi) is 6.21. The molecule has 1 aromatic rings. The molecule has 3 rings (SSSR count). The lowest BCUT2D eigenvalue weighted by molar-refractivity contribution is -0.132. The molecular formula is C19H27FN4O2. The van der Waals surface area contributed by atoms with Crippen molar-refractivity contribution < 1.29 is 14.0 Å². The average molecular weight is 362 g/mol. The van der Waals surface area contributed by atoms with Gasteiger partial charge in [-0.3, -0.25) is 19.4 Å². The van der Waals surface area contributed by atoms with E-state index >= 15 is 0 Å². The zero-order chi connectivity index (χ0) is 18.5. The first kappa shape index (κ1) is 18.8. The predicted molar refractivity (Wildman–Crippen MR) is 98.3 cm³/mol. The Hall–Kier alpha value is -1.99. The lowest BCUT2D eigenvalue weighted by Gasteiger charge is -2.37. The summed E-state index contributed by atoms with van der Waals surface area (Å²) in [5.41, 5.74) is 0.469. The highest BCUT2D eigenvalue weighted by atomic mass is 19.1. The third-order valence-corrected chi connectivity index (χ3v) is 5.24. The molecule has 0 radical (unpaired) electrons. The minimum atomic E-state index is -0.369. The fourth-order valence-corrected chi connectivity index (χ4v) is 3.55. The van der Waals surface area contributed by atoms with Crippen molar-refractivity contribution in [3.05, 3.63) is 30.1 Å². The molecule has 1 aromatic carbocycles. The molecule has 2 amide bonds. The molecule has 0 aliphatic carbocycles. The van der Waals surface area contributed by atoms with Crippen LogP contribution in [0.5, 0.6) is 0 Å². The topological polar surface area (TPSA) is 55.9 Å². The number of nitrogens with one attached hydrogen (secondary N) is 1. The Bertz CT molecular complexity index is 640. The summed E-state index contributed by atoms with van der Waals surface area (Å²) in [7, 11) is 0. The molecule has 1 unspecified atom stereocenters. The lowest BCUT2D eigenvalue weighted by atomic mass is 10.2. The van der Waals surface area contributed by atoms with Crippen molar-refractivity contribution in [3.8, 4) is 0 Å². The van der Waals surface area contributed by atoms with Crippen molar-refractivity contribution in [1.82, 2.24) is 14.7 Å². The molecule has 2 heterocycles. The summed E-state index contributed by atoms with van der Waals surface area (Å²) in [4.78, 5) is 30.9. The maximum absolute atomic E-state index is 13.2. The number of hydrogen-bond donors (Lipinski definition) is 1. The SMILES string of the molecule is CC(C(=O)Nc1cccc(F)c1)N1CCN(CC(=O)N2CCCC2)CC1. The van der Waals surface area contributed by atoms with Crippen LogP contribution in [0.2, 0.25) is 0 Å². The highest BCUT2D eigenvalue weighted by Gasteiger charge is 2.27. The summed E-state index contributed by atoms with van der Waals surface area (Å²) in [5.74, 6) is -0.295. The number of nitrogens with zero attached hydrogens (tertiary/aromatic N) is 3. The zero-order valence-electron chi connectivity index (χ0n) is 15.3. The predicted octanol–water partition coefficient (Wildman–Crippen LogP) is 1.39. The summed E-state index contributed by atoms with van der Waals surface area (Å²) in [6.45, 7) is 7.13. The van der Waals surface area contributed by atoms with Crippen LogP contribution in [0.15, 0.2) is 24.3 Å². The smallest absolute Gasteiger partial charge is 0.241 e. The van der Waals surface area contributed by atoms with E-state index in [4.69, 9.17) is 0 Å². The van der Waals surface area contributed by atoms with Crippen molar-refractivity contribution in [2.45, 2.75) is 25.8 Å². The second-order valence-electron chi connectivity index (χ2n) is 7.08. The van der Waals surface area contributed by atoms with Crippen molar-refractivity contribution in [2.75, 3.05) is 51.1 Å². The van der Waals surface area contributed by atoms with Gasteiger partial charge >= 0.3 is 0 Å². The van der Waals surface area contributed by atoms with Crippen molar-refractivity contribution in [2.24, 2.45) is 0 Å². The van der Waals surface area contributed by atoms with Crippen molar-refractivity contribution >= 4 is 17.5 Å². The Morgan fingerprint density at radius 1 is 1.12 bits per heavy atom. The number of carbonyl (C=O) groups is 2. The van der Waals surface area contributed by atoms with E-state index in [1.165, 1.54) is 12.1 Å². The minimum Gasteiger partial charge on any atom is -0.342 e. The number of amides is 2. The summed E-state index contributed by atoms with van der Waals surface area (Å²) in [5, 5.41) is 2.77. The maximum atomic E-state index is 13.2. The molecule has 1 atom stereocenters. The van der Waals surface area contributed by atoms with Gasteiger partial charge in [0.15, 0.2) is 0 Å². The first-order valence-corrected chi connectivity index (χ1v) is 9.33. The number of anilines is 1. The summed E-state index contributed by atoms with van der Waals surface area (Å²) < 4.78 is 13.2. The van der Waals surface area contributed by atoms with Gasteiger partial charge in [-0.05, 0) is 38.0 Å². The molecule has 2 saturated heterocycles. The number of benzene rings is 1. The van der Waals surface area contributed by atoms with E-state index in [9.17, 15) is 14.0 Å². The van der Waals surface area contributed by atoms with Crippen molar-refractivity contribution in [3.63, 3.8) is 0 Å². The standard InChI is InChI=1S/C19H27FN4O2/c1-15(19(26)21-17-6-4-5-16(20)13-17)23-11-9-22(10-12-23)14-18(25)24-7-2-3-8-24/h4-6,13,15H,2-3,7-12,14H2,1H3,(H,21,26). The number of halogens is 1. The number of hydrogen-bond acceptors (Lipinski definition) is 4. The Morgan fingerprint density at radius 3 is 2.46 bits per heavy atom. The average Bonchev–Trinajstić information content (AvgIpc) is 3.16. The van der Waals surface area contributed by atoms with Gasteiger partial charge in [-0.15, -0.1) is 0 Å². The molecule has 0 aromatic heterocycles. The fraction of sp³-hybridized carbons (Fsp3) is 0.579. The number of carbonyl (C=O) groups excluding carboxylic acids is 2. The van der Waals surface area contributed by atoms with Gasteiger partial charge in [0.05, 0.1) is 12.6 Å². The van der Waals surface area contributed by atoms with Crippen LogP contribution < -0.4 is 5.32 Å². The second kappa shape index (κ2) is 8.60. The Labute approximate surface area is 153 Å². The van der Waals surface area contributed by atoms with Crippen LogP contribution in [0, 0.1) is 5.82 Å². The number of likely N-dealkylation sites (tertiary alicyclic amines) is 1. The van der Waals surface area contributed by atoms with Gasteiger partial charge in [0.25, 0.3) is 0 Å². The van der Waals surface area contributed by atoms with Crippen LogP contribution in [0.4, 0.5) is 10.1 Å². The molecule has 6 nitrogen and oxygen atoms in total. The van der Waals surface area contributed by atoms with E-state index in [0.717, 1.165) is 52.1 Å². The van der Waals surface area contributed by atoms with Gasteiger partial charge in [-0.2, -0.15) is 0 Å². The molecular weight excluding hydrogens is 335 g/mol. The van der Waals surface area contributed by atoms with Gasteiger partial charge in [0.1, 0.15) is 5.82 Å². The molecule has 0 spiro atoms. The van der Waals surface area contributed by atoms with E-state index in [0.29, 0.717) is 12.2 Å². The van der Waals surface area contributed by atoms with Crippen LogP contribution in [0.3, 0.4) is 0 Å². The first-order chi connectivity index (χ1) is 12.5. The molecule has 2 fully saturated rings. The molecule has 7 heteroatoms. The summed E-state index contributed by atoms with van der Waals surface area (Å²) in [6.07, 6.45) is 2.22. The van der Waals surface area contributed by atoms with Gasteiger partial charge in [-0.1, -0.05) is 6.07 Å². The van der Waals surface area contributed by atoms with E-state index in [2.05, 4.69) is 15.1 Å². The number of piperazine rings is 1. The van der Waals surface area contributed by atoms with E-state index in [1.54, 1.807) is 12.1 Å². The highest BCUT2D eigenvalue weighted by Crippen LogP contribution is 2.13. The van der Waals surface area contributed by atoms with Crippen LogP contribution in [0.25, 0.3) is 0 Å². The van der Waals surface area contributed by atoms with Gasteiger partial charge in [-0.25, -0.2) is 4.39 Å². The quantitative estimate of drug-likeness (QED) is 0.860. The van der Waals surface area contributed by atoms with Crippen LogP contribution in [-0.4, -0.2) is 78.4 Å². The monoisotopic (exact) mass is 362 g/mol. The normalized spacial score (nSPS) is 20.2. The Morgan fingerprint density at radius 2 is 1.81 bits per heavy atom. The van der Waals surface area contributed by atoms with Gasteiger partial charge < -0.3 is 10.2 Å². The summed E-state index contributed by atoms with van der Waals surface area (Å²) >= 11 is 0. The molecule has 0 saturated carbocycles. The minimum absolute atomic E-state index is 0.141. The third kappa shape index (κ3) is 4.80. The molecule has 2 aliphatic heterocycles. The Balaban J connectivity index is 1.44. The van der Waals surface area contributed by atoms with E-state index in [-0.39, 0.29) is 23.7 Å². The molecule has 0 bridgehead atoms. The van der Waals surface area contributed by atoms with Gasteiger partial charge in [0.2, 0.25) is 11.8 Å². The van der Waals surface area contributed by atoms with Crippen molar-refractivity contribution in [1.29, 1.82) is 0 Å². The summed E-state index contributed by atoms with van der Waals surface area (Å²) in [6, 6.07) is 5.62. The lowest BCUT2D eigenvalue weighted by Crippen LogP contribution is -2.54. The van der Waals surface area contributed by atoms with Crippen LogP contribution >= 0.6 is 0 Å².